The minimum atomic E-state index is -0.856. The first-order valence-electron chi connectivity index (χ1n) is 7.53. The molecule has 0 aromatic heterocycles. The summed E-state index contributed by atoms with van der Waals surface area (Å²) in [7, 11) is 0. The maximum Gasteiger partial charge on any atom is 0.307 e. The number of rotatable bonds is 4. The van der Waals surface area contributed by atoms with Crippen LogP contribution in [0.25, 0.3) is 0 Å². The van der Waals surface area contributed by atoms with Gasteiger partial charge in [-0.3, -0.25) is 4.79 Å². The normalized spacial score (nSPS) is 28.1. The number of piperidine rings is 2. The van der Waals surface area contributed by atoms with E-state index in [4.69, 9.17) is 21.4 Å². The van der Waals surface area contributed by atoms with Crippen LogP contribution in [0, 0.1) is 0 Å². The lowest BCUT2D eigenvalue weighted by atomic mass is 9.85. The fourth-order valence-corrected chi connectivity index (χ4v) is 3.66. The van der Waals surface area contributed by atoms with Crippen molar-refractivity contribution in [1.29, 1.82) is 0 Å². The summed E-state index contributed by atoms with van der Waals surface area (Å²) in [6, 6.07) is 6.38. The second-order valence-corrected chi connectivity index (χ2v) is 6.45. The molecule has 3 atom stereocenters. The number of carboxylic acid groups (broad SMARTS) is 1. The number of fused-ring (bicyclic) bond motifs is 2. The Bertz CT molecular complexity index is 522. The molecule has 0 amide bonds. The van der Waals surface area contributed by atoms with Crippen LogP contribution < -0.4 is 10.1 Å². The smallest absolute Gasteiger partial charge is 0.307 e. The highest BCUT2D eigenvalue weighted by Gasteiger charge is 2.32. The van der Waals surface area contributed by atoms with Gasteiger partial charge in [-0.1, -0.05) is 24.1 Å². The molecule has 2 aliphatic rings. The molecule has 1 aromatic carbocycles. The average Bonchev–Trinajstić information content (AvgIpc) is 2.41. The number of hydrogen-bond acceptors (Lipinski definition) is 3. The van der Waals surface area contributed by atoms with Crippen molar-refractivity contribution >= 4 is 17.6 Å². The zero-order chi connectivity index (χ0) is 14.8. The van der Waals surface area contributed by atoms with Gasteiger partial charge >= 0.3 is 5.97 Å². The summed E-state index contributed by atoms with van der Waals surface area (Å²) in [5.41, 5.74) is 0.696. The van der Waals surface area contributed by atoms with Crippen molar-refractivity contribution in [3.8, 4) is 5.75 Å². The maximum absolute atomic E-state index is 10.7. The third-order valence-corrected chi connectivity index (χ3v) is 4.61. The van der Waals surface area contributed by atoms with Crippen LogP contribution >= 0.6 is 11.6 Å². The summed E-state index contributed by atoms with van der Waals surface area (Å²) in [6.45, 7) is 0. The van der Waals surface area contributed by atoms with Gasteiger partial charge in [-0.05, 0) is 43.4 Å². The summed E-state index contributed by atoms with van der Waals surface area (Å²) < 4.78 is 6.06. The molecule has 2 heterocycles. The van der Waals surface area contributed by atoms with Gasteiger partial charge in [0.25, 0.3) is 0 Å². The standard InChI is InChI=1S/C16H20ClNO3/c17-14-6-10(7-16(19)20)4-5-15(14)21-13-8-11-2-1-3-12(9-13)18-11/h4-6,11-13,18H,1-3,7-9H2,(H,19,20)/t11-,12+,13?. The first-order chi connectivity index (χ1) is 10.1. The van der Waals surface area contributed by atoms with Crippen molar-refractivity contribution in [1.82, 2.24) is 5.32 Å². The predicted molar refractivity (Wildman–Crippen MR) is 81.0 cm³/mol. The fraction of sp³-hybridized carbons (Fsp3) is 0.562. The van der Waals surface area contributed by atoms with Gasteiger partial charge < -0.3 is 15.2 Å². The number of aliphatic carboxylic acids is 1. The van der Waals surface area contributed by atoms with Gasteiger partial charge in [-0.2, -0.15) is 0 Å². The highest BCUT2D eigenvalue weighted by Crippen LogP contribution is 2.32. The summed E-state index contributed by atoms with van der Waals surface area (Å²) in [5.74, 6) is -0.193. The fourth-order valence-electron chi connectivity index (χ4n) is 3.41. The summed E-state index contributed by atoms with van der Waals surface area (Å²) in [6.07, 6.45) is 5.97. The van der Waals surface area contributed by atoms with E-state index in [1.54, 1.807) is 18.2 Å². The molecule has 1 unspecified atom stereocenters. The van der Waals surface area contributed by atoms with Crippen LogP contribution in [0.2, 0.25) is 5.02 Å². The van der Waals surface area contributed by atoms with E-state index in [1.807, 2.05) is 0 Å². The Kier molecular flexibility index (Phi) is 4.36. The summed E-state index contributed by atoms with van der Waals surface area (Å²) >= 11 is 6.22. The molecule has 2 bridgehead atoms. The van der Waals surface area contributed by atoms with E-state index >= 15 is 0 Å². The summed E-state index contributed by atoms with van der Waals surface area (Å²) in [4.78, 5) is 10.7. The third-order valence-electron chi connectivity index (χ3n) is 4.32. The van der Waals surface area contributed by atoms with Crippen LogP contribution in [0.15, 0.2) is 18.2 Å². The minimum Gasteiger partial charge on any atom is -0.489 e. The van der Waals surface area contributed by atoms with Gasteiger partial charge in [-0.15, -0.1) is 0 Å². The minimum absolute atomic E-state index is 0.0164. The third kappa shape index (κ3) is 3.69. The van der Waals surface area contributed by atoms with Crippen molar-refractivity contribution in [2.24, 2.45) is 0 Å². The lowest BCUT2D eigenvalue weighted by Gasteiger charge is -2.40. The van der Waals surface area contributed by atoms with Gasteiger partial charge in [0, 0.05) is 12.1 Å². The molecule has 0 spiro atoms. The molecular formula is C16H20ClNO3. The van der Waals surface area contributed by atoms with E-state index in [1.165, 1.54) is 19.3 Å². The van der Waals surface area contributed by atoms with Gasteiger partial charge in [-0.25, -0.2) is 0 Å². The topological polar surface area (TPSA) is 58.6 Å². The highest BCUT2D eigenvalue weighted by molar-refractivity contribution is 6.32. The Morgan fingerprint density at radius 2 is 2.05 bits per heavy atom. The maximum atomic E-state index is 10.7. The zero-order valence-electron chi connectivity index (χ0n) is 11.8. The van der Waals surface area contributed by atoms with E-state index in [0.29, 0.717) is 28.4 Å². The van der Waals surface area contributed by atoms with Gasteiger partial charge in [0.1, 0.15) is 11.9 Å². The molecule has 2 saturated heterocycles. The number of carboxylic acids is 1. The van der Waals surface area contributed by atoms with E-state index in [9.17, 15) is 4.79 Å². The number of benzene rings is 1. The molecule has 1 aromatic rings. The zero-order valence-corrected chi connectivity index (χ0v) is 12.6. The number of halogens is 1. The highest BCUT2D eigenvalue weighted by atomic mass is 35.5. The first kappa shape index (κ1) is 14.7. The van der Waals surface area contributed by atoms with Crippen molar-refractivity contribution in [2.75, 3.05) is 0 Å². The number of hydrogen-bond donors (Lipinski definition) is 2. The van der Waals surface area contributed by atoms with Crippen LogP contribution in [0.5, 0.6) is 5.75 Å². The molecule has 2 aliphatic heterocycles. The summed E-state index contributed by atoms with van der Waals surface area (Å²) in [5, 5.41) is 12.9. The van der Waals surface area contributed by atoms with Crippen LogP contribution in [-0.4, -0.2) is 29.3 Å². The Hall–Kier alpha value is -1.26. The molecule has 2 fully saturated rings. The van der Waals surface area contributed by atoms with Crippen molar-refractivity contribution < 1.29 is 14.6 Å². The largest absolute Gasteiger partial charge is 0.489 e. The Labute approximate surface area is 129 Å². The lowest BCUT2D eigenvalue weighted by molar-refractivity contribution is -0.136. The average molecular weight is 310 g/mol. The van der Waals surface area contributed by atoms with E-state index in [0.717, 1.165) is 12.8 Å². The Morgan fingerprint density at radius 1 is 1.33 bits per heavy atom. The van der Waals surface area contributed by atoms with Gasteiger partial charge in [0.05, 0.1) is 11.4 Å². The van der Waals surface area contributed by atoms with Crippen LogP contribution in [0.4, 0.5) is 0 Å². The van der Waals surface area contributed by atoms with E-state index in [2.05, 4.69) is 5.32 Å². The molecule has 21 heavy (non-hydrogen) atoms. The molecule has 0 aliphatic carbocycles. The Balaban J connectivity index is 1.66. The molecule has 0 radical (unpaired) electrons. The molecule has 3 rings (SSSR count). The molecule has 0 saturated carbocycles. The molecular weight excluding hydrogens is 290 g/mol. The number of nitrogens with one attached hydrogen (secondary N) is 1. The monoisotopic (exact) mass is 309 g/mol. The predicted octanol–water partition coefficient (Wildman–Crippen LogP) is 3.02. The van der Waals surface area contributed by atoms with Crippen LogP contribution in [-0.2, 0) is 11.2 Å². The van der Waals surface area contributed by atoms with Gasteiger partial charge in [0.15, 0.2) is 0 Å². The molecule has 114 valence electrons. The SMILES string of the molecule is O=C(O)Cc1ccc(OC2C[C@H]3CCC[C@@H](C2)N3)c(Cl)c1. The van der Waals surface area contributed by atoms with Crippen molar-refractivity contribution in [2.45, 2.75) is 56.7 Å². The molecule has 2 N–H and O–H groups in total. The van der Waals surface area contributed by atoms with E-state index in [-0.39, 0.29) is 12.5 Å². The van der Waals surface area contributed by atoms with Crippen molar-refractivity contribution in [3.05, 3.63) is 28.8 Å². The second kappa shape index (κ2) is 6.24. The lowest BCUT2D eigenvalue weighted by Crippen LogP contribution is -2.51. The van der Waals surface area contributed by atoms with Crippen molar-refractivity contribution in [3.63, 3.8) is 0 Å². The quantitative estimate of drug-likeness (QED) is 0.897. The van der Waals surface area contributed by atoms with Crippen LogP contribution in [0.3, 0.4) is 0 Å². The first-order valence-corrected chi connectivity index (χ1v) is 7.91. The number of ether oxygens (including phenoxy) is 1. The molecule has 5 heteroatoms. The van der Waals surface area contributed by atoms with Gasteiger partial charge in [0.2, 0.25) is 0 Å². The Morgan fingerprint density at radius 3 is 2.67 bits per heavy atom. The molecule has 4 nitrogen and oxygen atoms in total. The number of carbonyl (C=O) groups is 1. The second-order valence-electron chi connectivity index (χ2n) is 6.04. The van der Waals surface area contributed by atoms with Crippen LogP contribution in [0.1, 0.15) is 37.7 Å². The van der Waals surface area contributed by atoms with E-state index < -0.39 is 5.97 Å².